The third kappa shape index (κ3) is 4.06. The van der Waals surface area contributed by atoms with Gasteiger partial charge >= 0.3 is 6.09 Å². The number of amides is 1. The number of piperidine rings is 1. The van der Waals surface area contributed by atoms with Gasteiger partial charge < -0.3 is 19.1 Å². The monoisotopic (exact) mass is 417 g/mol. The van der Waals surface area contributed by atoms with Crippen molar-refractivity contribution in [1.82, 2.24) is 4.90 Å². The van der Waals surface area contributed by atoms with E-state index in [1.165, 1.54) is 22.3 Å². The fraction of sp³-hybridized carbons (Fsp3) is 0.423. The molecule has 160 valence electrons. The van der Waals surface area contributed by atoms with Gasteiger partial charge in [0.15, 0.2) is 0 Å². The lowest BCUT2D eigenvalue weighted by molar-refractivity contribution is -0.0400. The van der Waals surface area contributed by atoms with Gasteiger partial charge in [0.05, 0.1) is 13.2 Å². The number of likely N-dealkylation sites (tertiary alicyclic amines) is 1. The van der Waals surface area contributed by atoms with Gasteiger partial charge in [-0.1, -0.05) is 60.4 Å². The van der Waals surface area contributed by atoms with Crippen LogP contribution in [0.15, 0.2) is 48.5 Å². The average molecular weight is 418 g/mol. The Kier molecular flexibility index (Phi) is 5.67. The number of benzene rings is 2. The average Bonchev–Trinajstić information content (AvgIpc) is 3.18. The lowest BCUT2D eigenvalue weighted by Crippen LogP contribution is -2.47. The van der Waals surface area contributed by atoms with E-state index in [1.807, 2.05) is 4.90 Å². The molecule has 1 spiro atoms. The fourth-order valence-corrected chi connectivity index (χ4v) is 4.92. The molecule has 1 saturated heterocycles. The maximum Gasteiger partial charge on any atom is 0.409 e. The minimum Gasteiger partial charge on any atom is -0.448 e. The van der Waals surface area contributed by atoms with Crippen LogP contribution in [-0.2, 0) is 14.2 Å². The zero-order valence-corrected chi connectivity index (χ0v) is 17.6. The van der Waals surface area contributed by atoms with Gasteiger partial charge in [0, 0.05) is 24.4 Å². The molecule has 0 atom stereocenters. The third-order valence-corrected chi connectivity index (χ3v) is 6.71. The van der Waals surface area contributed by atoms with Crippen molar-refractivity contribution in [2.75, 3.05) is 46.1 Å². The Balaban J connectivity index is 1.20. The third-order valence-electron chi connectivity index (χ3n) is 6.71. The molecule has 2 aromatic rings. The zero-order valence-electron chi connectivity index (χ0n) is 17.6. The molecule has 0 N–H and O–H groups in total. The molecule has 2 heterocycles. The van der Waals surface area contributed by atoms with E-state index in [0.717, 1.165) is 12.8 Å². The van der Waals surface area contributed by atoms with E-state index in [-0.39, 0.29) is 17.4 Å². The molecule has 5 rings (SSSR count). The first kappa shape index (κ1) is 20.1. The Morgan fingerprint density at radius 2 is 1.48 bits per heavy atom. The number of fused-ring (bicyclic) bond motifs is 3. The van der Waals surface area contributed by atoms with Crippen LogP contribution in [0.25, 0.3) is 11.1 Å². The summed E-state index contributed by atoms with van der Waals surface area (Å²) in [5, 5.41) is 0. The number of carbonyl (C=O) groups is 1. The Morgan fingerprint density at radius 1 is 0.935 bits per heavy atom. The van der Waals surface area contributed by atoms with E-state index in [2.05, 4.69) is 60.4 Å². The van der Waals surface area contributed by atoms with Crippen LogP contribution >= 0.6 is 0 Å². The number of hydrogen-bond acceptors (Lipinski definition) is 4. The minimum atomic E-state index is -0.232. The van der Waals surface area contributed by atoms with Gasteiger partial charge in [0.1, 0.15) is 19.8 Å². The number of carbonyl (C=O) groups excluding carboxylic acids is 1. The van der Waals surface area contributed by atoms with E-state index in [9.17, 15) is 4.79 Å². The first-order valence-corrected chi connectivity index (χ1v) is 11.0. The molecular formula is C26H27NO4. The molecule has 5 nitrogen and oxygen atoms in total. The molecule has 1 amide bonds. The summed E-state index contributed by atoms with van der Waals surface area (Å²) in [6.45, 7) is 3.81. The van der Waals surface area contributed by atoms with Crippen LogP contribution in [0.2, 0.25) is 0 Å². The van der Waals surface area contributed by atoms with Gasteiger partial charge in [-0.25, -0.2) is 4.79 Å². The molecule has 0 aromatic heterocycles. The second-order valence-corrected chi connectivity index (χ2v) is 8.63. The quantitative estimate of drug-likeness (QED) is 0.692. The van der Waals surface area contributed by atoms with E-state index in [4.69, 9.17) is 14.2 Å². The molecule has 2 aromatic carbocycles. The van der Waals surface area contributed by atoms with Crippen LogP contribution in [0.3, 0.4) is 0 Å². The van der Waals surface area contributed by atoms with Gasteiger partial charge in [-0.2, -0.15) is 0 Å². The van der Waals surface area contributed by atoms with Crippen LogP contribution in [0, 0.1) is 17.3 Å². The molecule has 2 aliphatic heterocycles. The normalized spacial score (nSPS) is 19.9. The van der Waals surface area contributed by atoms with Crippen molar-refractivity contribution in [2.24, 2.45) is 5.41 Å². The Labute approximate surface area is 183 Å². The standard InChI is InChI=1S/C26H27NO4/c28-25(27-13-11-26(12-14-27)18-29-15-5-6-16-30-19-26)31-17-24-22-9-3-1-7-20(22)21-8-2-4-10-23(21)24/h1-4,7-10,24H,11-19H2. The topological polar surface area (TPSA) is 48.0 Å². The molecule has 3 aliphatic rings. The van der Waals surface area contributed by atoms with Crippen molar-refractivity contribution >= 4 is 6.09 Å². The summed E-state index contributed by atoms with van der Waals surface area (Å²) < 4.78 is 17.3. The fourth-order valence-electron chi connectivity index (χ4n) is 4.92. The van der Waals surface area contributed by atoms with Crippen molar-refractivity contribution in [3.05, 3.63) is 59.7 Å². The molecule has 5 heteroatoms. The van der Waals surface area contributed by atoms with Crippen molar-refractivity contribution < 1.29 is 19.0 Å². The summed E-state index contributed by atoms with van der Waals surface area (Å²) in [5.41, 5.74) is 4.90. The predicted molar refractivity (Wildman–Crippen MR) is 118 cm³/mol. The summed E-state index contributed by atoms with van der Waals surface area (Å²) in [6, 6.07) is 16.8. The first-order chi connectivity index (χ1) is 15.3. The molecule has 31 heavy (non-hydrogen) atoms. The number of hydrogen-bond donors (Lipinski definition) is 0. The maximum absolute atomic E-state index is 12.8. The first-order valence-electron chi connectivity index (χ1n) is 11.0. The van der Waals surface area contributed by atoms with E-state index in [0.29, 0.717) is 46.1 Å². The second-order valence-electron chi connectivity index (χ2n) is 8.63. The highest BCUT2D eigenvalue weighted by Gasteiger charge is 2.38. The van der Waals surface area contributed by atoms with Crippen LogP contribution in [-0.4, -0.2) is 57.1 Å². The highest BCUT2D eigenvalue weighted by molar-refractivity contribution is 5.79. The van der Waals surface area contributed by atoms with Gasteiger partial charge in [-0.05, 0) is 35.1 Å². The summed E-state index contributed by atoms with van der Waals surface area (Å²) in [6.07, 6.45) is 1.46. The highest BCUT2D eigenvalue weighted by atomic mass is 16.6. The van der Waals surface area contributed by atoms with E-state index >= 15 is 0 Å². The van der Waals surface area contributed by atoms with Crippen LogP contribution < -0.4 is 0 Å². The molecule has 1 fully saturated rings. The van der Waals surface area contributed by atoms with Crippen molar-refractivity contribution in [1.29, 1.82) is 0 Å². The Bertz CT molecular complexity index is 952. The van der Waals surface area contributed by atoms with Crippen molar-refractivity contribution in [3.8, 4) is 23.0 Å². The molecule has 0 unspecified atom stereocenters. The van der Waals surface area contributed by atoms with E-state index < -0.39 is 0 Å². The smallest absolute Gasteiger partial charge is 0.409 e. The summed E-state index contributed by atoms with van der Waals surface area (Å²) in [4.78, 5) is 14.7. The predicted octanol–water partition coefficient (Wildman–Crippen LogP) is 4.07. The number of nitrogens with zero attached hydrogens (tertiary/aromatic N) is 1. The van der Waals surface area contributed by atoms with Crippen molar-refractivity contribution in [2.45, 2.75) is 18.8 Å². The molecular weight excluding hydrogens is 390 g/mol. The van der Waals surface area contributed by atoms with Gasteiger partial charge in [0.25, 0.3) is 0 Å². The number of ether oxygens (including phenoxy) is 3. The van der Waals surface area contributed by atoms with Crippen LogP contribution in [0.5, 0.6) is 0 Å². The van der Waals surface area contributed by atoms with Crippen molar-refractivity contribution in [3.63, 3.8) is 0 Å². The van der Waals surface area contributed by atoms with Gasteiger partial charge in [-0.15, -0.1) is 0 Å². The molecule has 0 saturated carbocycles. The summed E-state index contributed by atoms with van der Waals surface area (Å²) in [5.74, 6) is 5.99. The summed E-state index contributed by atoms with van der Waals surface area (Å²) >= 11 is 0. The largest absolute Gasteiger partial charge is 0.448 e. The van der Waals surface area contributed by atoms with E-state index in [1.54, 1.807) is 0 Å². The summed E-state index contributed by atoms with van der Waals surface area (Å²) in [7, 11) is 0. The molecule has 1 aliphatic carbocycles. The van der Waals surface area contributed by atoms with Gasteiger partial charge in [-0.3, -0.25) is 0 Å². The molecule has 0 bridgehead atoms. The highest BCUT2D eigenvalue weighted by Crippen LogP contribution is 2.44. The minimum absolute atomic E-state index is 0.0478. The Hall–Kier alpha value is -2.81. The molecule has 0 radical (unpaired) electrons. The number of rotatable bonds is 2. The SMILES string of the molecule is O=C(OCC1c2ccccc2-c2ccccc21)N1CCC2(CC1)COCC#CCOC2. The van der Waals surface area contributed by atoms with Crippen LogP contribution in [0.1, 0.15) is 29.9 Å². The second kappa shape index (κ2) is 8.74. The zero-order chi connectivity index (χ0) is 21.1. The Morgan fingerprint density at radius 3 is 2.06 bits per heavy atom. The lowest BCUT2D eigenvalue weighted by atomic mass is 9.80. The lowest BCUT2D eigenvalue weighted by Gasteiger charge is -2.40. The van der Waals surface area contributed by atoms with Crippen LogP contribution in [0.4, 0.5) is 4.79 Å². The van der Waals surface area contributed by atoms with Gasteiger partial charge in [0.2, 0.25) is 0 Å². The maximum atomic E-state index is 12.8.